The second-order valence-corrected chi connectivity index (χ2v) is 6.65. The number of rotatable bonds is 4. The molecular weight excluding hydrogens is 370 g/mol. The molecule has 146 valence electrons. The molecule has 1 N–H and O–H groups in total. The van der Waals surface area contributed by atoms with Gasteiger partial charge in [0.2, 0.25) is 0 Å². The fourth-order valence-electron chi connectivity index (χ4n) is 3.16. The summed E-state index contributed by atoms with van der Waals surface area (Å²) in [6.07, 6.45) is 2.83. The topological polar surface area (TPSA) is 92.4 Å². The van der Waals surface area contributed by atoms with E-state index < -0.39 is 0 Å². The first kappa shape index (κ1) is 18.8. The molecule has 1 fully saturated rings. The van der Waals surface area contributed by atoms with Gasteiger partial charge in [0.25, 0.3) is 11.5 Å². The third kappa shape index (κ3) is 4.14. The number of carbonyl (C=O) groups is 2. The van der Waals surface area contributed by atoms with Crippen molar-refractivity contribution in [3.05, 3.63) is 81.9 Å². The van der Waals surface area contributed by atoms with Gasteiger partial charge in [-0.15, -0.1) is 0 Å². The second kappa shape index (κ2) is 8.20. The monoisotopic (exact) mass is 389 g/mol. The molecule has 2 aromatic carbocycles. The van der Waals surface area contributed by atoms with Crippen LogP contribution in [0.4, 0.5) is 0 Å². The average Bonchev–Trinajstić information content (AvgIpc) is 2.78. The molecule has 1 aliphatic heterocycles. The summed E-state index contributed by atoms with van der Waals surface area (Å²) >= 11 is 0. The number of hydrogen-bond donors (Lipinski definition) is 1. The molecule has 0 spiro atoms. The lowest BCUT2D eigenvalue weighted by Crippen LogP contribution is -2.40. The van der Waals surface area contributed by atoms with Gasteiger partial charge in [-0.25, -0.2) is 4.98 Å². The first-order chi connectivity index (χ1) is 14.1. The van der Waals surface area contributed by atoms with Gasteiger partial charge in [-0.3, -0.25) is 14.4 Å². The zero-order chi connectivity index (χ0) is 20.2. The van der Waals surface area contributed by atoms with Crippen LogP contribution in [-0.2, 0) is 4.74 Å². The summed E-state index contributed by atoms with van der Waals surface area (Å²) in [7, 11) is 0. The van der Waals surface area contributed by atoms with Crippen LogP contribution in [0.2, 0.25) is 0 Å². The van der Waals surface area contributed by atoms with Gasteiger partial charge in [0, 0.05) is 24.2 Å². The van der Waals surface area contributed by atoms with E-state index in [1.54, 1.807) is 53.4 Å². The quantitative estimate of drug-likeness (QED) is 0.546. The Balaban J connectivity index is 1.48. The largest absolute Gasteiger partial charge is 0.378 e. The fraction of sp³-hybridized carbons (Fsp3) is 0.182. The molecule has 0 radical (unpaired) electrons. The van der Waals surface area contributed by atoms with E-state index in [-0.39, 0.29) is 17.2 Å². The van der Waals surface area contributed by atoms with E-state index in [4.69, 9.17) is 4.74 Å². The lowest BCUT2D eigenvalue weighted by atomic mass is 10.1. The highest BCUT2D eigenvalue weighted by Crippen LogP contribution is 2.11. The molecule has 1 saturated heterocycles. The van der Waals surface area contributed by atoms with Crippen molar-refractivity contribution < 1.29 is 14.3 Å². The molecule has 29 heavy (non-hydrogen) atoms. The number of nitrogens with one attached hydrogen (secondary N) is 1. The highest BCUT2D eigenvalue weighted by atomic mass is 16.5. The number of H-pyrrole nitrogens is 1. The van der Waals surface area contributed by atoms with E-state index in [0.717, 1.165) is 0 Å². The number of para-hydroxylation sites is 1. The van der Waals surface area contributed by atoms with Crippen molar-refractivity contribution in [2.45, 2.75) is 0 Å². The van der Waals surface area contributed by atoms with Crippen molar-refractivity contribution >= 4 is 28.7 Å². The molecular formula is C22H19N3O4. The average molecular weight is 389 g/mol. The number of fused-ring (bicyclic) bond motifs is 1. The Kier molecular flexibility index (Phi) is 5.31. The van der Waals surface area contributed by atoms with Crippen LogP contribution < -0.4 is 5.56 Å². The molecule has 0 atom stereocenters. The van der Waals surface area contributed by atoms with Gasteiger partial charge >= 0.3 is 0 Å². The third-order valence-corrected chi connectivity index (χ3v) is 4.74. The summed E-state index contributed by atoms with van der Waals surface area (Å²) < 4.78 is 5.26. The maximum absolute atomic E-state index is 12.5. The molecule has 1 aliphatic rings. The highest BCUT2D eigenvalue weighted by Gasteiger charge is 2.18. The van der Waals surface area contributed by atoms with Crippen LogP contribution in [0.15, 0.2) is 59.4 Å². The number of nitrogens with zero attached hydrogens (tertiary/aromatic N) is 2. The van der Waals surface area contributed by atoms with Crippen LogP contribution in [0.3, 0.4) is 0 Å². The number of amides is 1. The molecule has 0 unspecified atom stereocenters. The Hall–Kier alpha value is -3.58. The van der Waals surface area contributed by atoms with E-state index >= 15 is 0 Å². The van der Waals surface area contributed by atoms with Crippen LogP contribution >= 0.6 is 0 Å². The van der Waals surface area contributed by atoms with Gasteiger partial charge in [0.15, 0.2) is 5.78 Å². The Morgan fingerprint density at radius 3 is 2.45 bits per heavy atom. The third-order valence-electron chi connectivity index (χ3n) is 4.74. The SMILES string of the molecule is O=C(C=Cc1nc2ccccc2c(=O)[nH]1)c1ccc(C(=O)N2CCOCC2)cc1. The minimum atomic E-state index is -0.256. The van der Waals surface area contributed by atoms with Gasteiger partial charge in [-0.2, -0.15) is 0 Å². The molecule has 0 bridgehead atoms. The first-order valence-electron chi connectivity index (χ1n) is 9.30. The van der Waals surface area contributed by atoms with Gasteiger partial charge in [-0.05, 0) is 36.4 Å². The van der Waals surface area contributed by atoms with Gasteiger partial charge in [0.1, 0.15) is 5.82 Å². The second-order valence-electron chi connectivity index (χ2n) is 6.65. The Bertz CT molecular complexity index is 1140. The minimum Gasteiger partial charge on any atom is -0.378 e. The number of carbonyl (C=O) groups excluding carboxylic acids is 2. The van der Waals surface area contributed by atoms with Crippen molar-refractivity contribution in [2.75, 3.05) is 26.3 Å². The number of allylic oxidation sites excluding steroid dienone is 1. The van der Waals surface area contributed by atoms with E-state index in [9.17, 15) is 14.4 Å². The Morgan fingerprint density at radius 1 is 1.00 bits per heavy atom. The number of hydrogen-bond acceptors (Lipinski definition) is 5. The van der Waals surface area contributed by atoms with Crippen LogP contribution in [0, 0.1) is 0 Å². The smallest absolute Gasteiger partial charge is 0.259 e. The molecule has 0 aliphatic carbocycles. The van der Waals surface area contributed by atoms with Crippen LogP contribution in [0.5, 0.6) is 0 Å². The summed E-state index contributed by atoms with van der Waals surface area (Å²) in [6, 6.07) is 13.5. The minimum absolute atomic E-state index is 0.0687. The predicted octanol–water partition coefficient (Wildman–Crippen LogP) is 2.29. The number of ketones is 1. The van der Waals surface area contributed by atoms with Gasteiger partial charge in [-0.1, -0.05) is 24.3 Å². The fourth-order valence-corrected chi connectivity index (χ4v) is 3.16. The Labute approximate surface area is 166 Å². The standard InChI is InChI=1S/C22H19N3O4/c26-19(9-10-20-23-18-4-2-1-3-17(18)21(27)24-20)15-5-7-16(8-6-15)22(28)25-11-13-29-14-12-25/h1-10H,11-14H2,(H,23,24,27). The number of aromatic amines is 1. The summed E-state index contributed by atoms with van der Waals surface area (Å²) in [4.78, 5) is 45.7. The lowest BCUT2D eigenvalue weighted by molar-refractivity contribution is 0.0303. The zero-order valence-corrected chi connectivity index (χ0v) is 15.6. The van der Waals surface area contributed by atoms with Crippen molar-refractivity contribution in [3.8, 4) is 0 Å². The molecule has 4 rings (SSSR count). The van der Waals surface area contributed by atoms with Crippen molar-refractivity contribution in [3.63, 3.8) is 0 Å². The first-order valence-corrected chi connectivity index (χ1v) is 9.30. The zero-order valence-electron chi connectivity index (χ0n) is 15.6. The normalized spacial score (nSPS) is 14.4. The van der Waals surface area contributed by atoms with Crippen LogP contribution in [-0.4, -0.2) is 52.9 Å². The van der Waals surface area contributed by atoms with Crippen LogP contribution in [0.1, 0.15) is 26.5 Å². The number of ether oxygens (including phenoxy) is 1. The number of morpholine rings is 1. The van der Waals surface area contributed by atoms with Crippen molar-refractivity contribution in [1.29, 1.82) is 0 Å². The van der Waals surface area contributed by atoms with Crippen LogP contribution in [0.25, 0.3) is 17.0 Å². The molecule has 0 saturated carbocycles. The molecule has 2 heterocycles. The van der Waals surface area contributed by atoms with Crippen molar-refractivity contribution in [1.82, 2.24) is 14.9 Å². The molecule has 7 nitrogen and oxygen atoms in total. The summed E-state index contributed by atoms with van der Waals surface area (Å²) in [5, 5.41) is 0.497. The van der Waals surface area contributed by atoms with E-state index in [1.165, 1.54) is 12.2 Å². The van der Waals surface area contributed by atoms with E-state index in [1.807, 2.05) is 0 Å². The highest BCUT2D eigenvalue weighted by molar-refractivity contribution is 6.07. The maximum atomic E-state index is 12.5. The van der Waals surface area contributed by atoms with E-state index in [2.05, 4.69) is 9.97 Å². The molecule has 1 aromatic heterocycles. The number of aromatic nitrogens is 2. The lowest BCUT2D eigenvalue weighted by Gasteiger charge is -2.26. The Morgan fingerprint density at radius 2 is 1.69 bits per heavy atom. The van der Waals surface area contributed by atoms with Gasteiger partial charge < -0.3 is 14.6 Å². The summed E-state index contributed by atoms with van der Waals surface area (Å²) in [5.74, 6) is -0.00637. The number of benzene rings is 2. The van der Waals surface area contributed by atoms with Crippen molar-refractivity contribution in [2.24, 2.45) is 0 Å². The predicted molar refractivity (Wildman–Crippen MR) is 109 cm³/mol. The van der Waals surface area contributed by atoms with E-state index in [0.29, 0.717) is 54.2 Å². The molecule has 1 amide bonds. The summed E-state index contributed by atoms with van der Waals surface area (Å²) in [6.45, 7) is 2.22. The maximum Gasteiger partial charge on any atom is 0.259 e. The molecule has 7 heteroatoms. The van der Waals surface area contributed by atoms with Gasteiger partial charge in [0.05, 0.1) is 24.1 Å². The summed E-state index contributed by atoms with van der Waals surface area (Å²) in [5.41, 5.74) is 1.29. The molecule has 3 aromatic rings.